The lowest BCUT2D eigenvalue weighted by molar-refractivity contribution is 0.205. The molecule has 0 aliphatic carbocycles. The Morgan fingerprint density at radius 1 is 1.33 bits per heavy atom. The van der Waals surface area contributed by atoms with Crippen LogP contribution in [-0.2, 0) is 13.1 Å². The summed E-state index contributed by atoms with van der Waals surface area (Å²) in [4.78, 5) is 21.0. The summed E-state index contributed by atoms with van der Waals surface area (Å²) in [6, 6.07) is 8.01. The summed E-state index contributed by atoms with van der Waals surface area (Å²) in [5.41, 5.74) is 2.11. The Labute approximate surface area is 140 Å². The molecule has 0 aliphatic heterocycles. The SMILES string of the molecule is Cc1cnc(CN(C)C(=O)NCCCn2ncc3ccccc32)[nH]1. The quantitative estimate of drug-likeness (QED) is 0.682. The van der Waals surface area contributed by atoms with Gasteiger partial charge in [-0.25, -0.2) is 9.78 Å². The first-order valence-electron chi connectivity index (χ1n) is 8.03. The monoisotopic (exact) mass is 326 g/mol. The van der Waals surface area contributed by atoms with Crippen molar-refractivity contribution in [3.8, 4) is 0 Å². The summed E-state index contributed by atoms with van der Waals surface area (Å²) in [7, 11) is 1.76. The van der Waals surface area contributed by atoms with E-state index in [9.17, 15) is 4.79 Å². The summed E-state index contributed by atoms with van der Waals surface area (Å²) < 4.78 is 1.97. The number of aromatic nitrogens is 4. The molecular formula is C17H22N6O. The van der Waals surface area contributed by atoms with Crippen molar-refractivity contribution in [2.24, 2.45) is 0 Å². The number of hydrogen-bond acceptors (Lipinski definition) is 3. The number of amides is 2. The molecule has 0 atom stereocenters. The molecule has 126 valence electrons. The van der Waals surface area contributed by atoms with Gasteiger partial charge in [-0.1, -0.05) is 18.2 Å². The topological polar surface area (TPSA) is 78.8 Å². The third-order valence-corrected chi connectivity index (χ3v) is 3.86. The first-order valence-corrected chi connectivity index (χ1v) is 8.03. The van der Waals surface area contributed by atoms with E-state index in [-0.39, 0.29) is 6.03 Å². The van der Waals surface area contributed by atoms with Crippen LogP contribution in [0.25, 0.3) is 10.9 Å². The number of nitrogens with zero attached hydrogens (tertiary/aromatic N) is 4. The first kappa shape index (κ1) is 16.0. The molecule has 2 aromatic heterocycles. The van der Waals surface area contributed by atoms with Crippen LogP contribution in [0.15, 0.2) is 36.7 Å². The van der Waals surface area contributed by atoms with E-state index >= 15 is 0 Å². The van der Waals surface area contributed by atoms with Crippen LogP contribution in [0.3, 0.4) is 0 Å². The molecule has 3 rings (SSSR count). The fraction of sp³-hybridized carbons (Fsp3) is 0.353. The number of benzene rings is 1. The average Bonchev–Trinajstić information content (AvgIpc) is 3.17. The molecule has 7 nitrogen and oxygen atoms in total. The zero-order chi connectivity index (χ0) is 16.9. The molecule has 0 radical (unpaired) electrons. The molecule has 0 aliphatic rings. The molecule has 0 bridgehead atoms. The van der Waals surface area contributed by atoms with Gasteiger partial charge in [0.25, 0.3) is 0 Å². The second-order valence-electron chi connectivity index (χ2n) is 5.88. The first-order chi connectivity index (χ1) is 11.6. The maximum absolute atomic E-state index is 12.1. The molecule has 0 saturated carbocycles. The molecule has 2 amide bonds. The predicted octanol–water partition coefficient (Wildman–Crippen LogP) is 2.30. The minimum atomic E-state index is -0.102. The minimum Gasteiger partial charge on any atom is -0.345 e. The van der Waals surface area contributed by atoms with E-state index in [1.54, 1.807) is 18.1 Å². The summed E-state index contributed by atoms with van der Waals surface area (Å²) >= 11 is 0. The number of carbonyl (C=O) groups is 1. The number of para-hydroxylation sites is 1. The van der Waals surface area contributed by atoms with E-state index < -0.39 is 0 Å². The van der Waals surface area contributed by atoms with E-state index in [1.165, 1.54) is 0 Å². The lowest BCUT2D eigenvalue weighted by atomic mass is 10.2. The zero-order valence-electron chi connectivity index (χ0n) is 14.0. The minimum absolute atomic E-state index is 0.102. The Balaban J connectivity index is 1.43. The van der Waals surface area contributed by atoms with Crippen molar-refractivity contribution in [3.05, 3.63) is 48.2 Å². The van der Waals surface area contributed by atoms with E-state index in [0.717, 1.165) is 35.4 Å². The van der Waals surface area contributed by atoms with Crippen LogP contribution >= 0.6 is 0 Å². The van der Waals surface area contributed by atoms with Crippen molar-refractivity contribution in [3.63, 3.8) is 0 Å². The Morgan fingerprint density at radius 2 is 2.17 bits per heavy atom. The number of carbonyl (C=O) groups excluding carboxylic acids is 1. The number of imidazole rings is 1. The second-order valence-corrected chi connectivity index (χ2v) is 5.88. The zero-order valence-corrected chi connectivity index (χ0v) is 14.0. The van der Waals surface area contributed by atoms with Gasteiger partial charge < -0.3 is 15.2 Å². The van der Waals surface area contributed by atoms with Gasteiger partial charge in [-0.15, -0.1) is 0 Å². The van der Waals surface area contributed by atoms with Crippen LogP contribution in [0, 0.1) is 6.92 Å². The Hall–Kier alpha value is -2.83. The Kier molecular flexibility index (Phi) is 4.79. The van der Waals surface area contributed by atoms with Gasteiger partial charge in [0.05, 0.1) is 18.3 Å². The van der Waals surface area contributed by atoms with E-state index in [0.29, 0.717) is 13.1 Å². The number of fused-ring (bicyclic) bond motifs is 1. The number of hydrogen-bond donors (Lipinski definition) is 2. The number of rotatable bonds is 6. The second kappa shape index (κ2) is 7.16. The number of H-pyrrole nitrogens is 1. The number of aromatic amines is 1. The number of nitrogens with one attached hydrogen (secondary N) is 2. The van der Waals surface area contributed by atoms with Crippen molar-refractivity contribution in [1.29, 1.82) is 0 Å². The van der Waals surface area contributed by atoms with Gasteiger partial charge in [-0.2, -0.15) is 5.10 Å². The van der Waals surface area contributed by atoms with Crippen LogP contribution in [0.2, 0.25) is 0 Å². The highest BCUT2D eigenvalue weighted by Crippen LogP contribution is 2.12. The third kappa shape index (κ3) is 3.73. The fourth-order valence-electron chi connectivity index (χ4n) is 2.61. The molecule has 7 heteroatoms. The van der Waals surface area contributed by atoms with E-state index in [1.807, 2.05) is 36.0 Å². The van der Waals surface area contributed by atoms with Gasteiger partial charge in [-0.3, -0.25) is 4.68 Å². The summed E-state index contributed by atoms with van der Waals surface area (Å²) in [5, 5.41) is 8.44. The van der Waals surface area contributed by atoms with Crippen LogP contribution in [0.5, 0.6) is 0 Å². The summed E-state index contributed by atoms with van der Waals surface area (Å²) in [5.74, 6) is 0.785. The molecule has 24 heavy (non-hydrogen) atoms. The standard InChI is InChI=1S/C17H22N6O/c1-13-10-19-16(21-13)12-22(2)17(24)18-8-5-9-23-15-7-4-3-6-14(15)11-20-23/h3-4,6-7,10-11H,5,8-9,12H2,1-2H3,(H,18,24)(H,19,21). The van der Waals surface area contributed by atoms with Crippen LogP contribution in [0.4, 0.5) is 4.79 Å². The molecule has 1 aromatic carbocycles. The molecule has 3 aromatic rings. The van der Waals surface area contributed by atoms with Gasteiger partial charge in [-0.05, 0) is 19.4 Å². The molecule has 0 saturated heterocycles. The highest BCUT2D eigenvalue weighted by molar-refractivity contribution is 5.78. The van der Waals surface area contributed by atoms with Crippen LogP contribution in [0.1, 0.15) is 17.9 Å². The summed E-state index contributed by atoms with van der Waals surface area (Å²) in [6.45, 7) is 3.78. The lowest BCUT2D eigenvalue weighted by Crippen LogP contribution is -2.37. The van der Waals surface area contributed by atoms with Gasteiger partial charge in [0, 0.05) is 37.4 Å². The molecule has 2 N–H and O–H groups in total. The van der Waals surface area contributed by atoms with Gasteiger partial charge in [0.2, 0.25) is 0 Å². The predicted molar refractivity (Wildman–Crippen MR) is 92.5 cm³/mol. The van der Waals surface area contributed by atoms with Gasteiger partial charge >= 0.3 is 6.03 Å². The molecule has 0 fully saturated rings. The van der Waals surface area contributed by atoms with Gasteiger partial charge in [0.1, 0.15) is 5.82 Å². The van der Waals surface area contributed by atoms with Crippen molar-refractivity contribution in [2.75, 3.05) is 13.6 Å². The van der Waals surface area contributed by atoms with Crippen molar-refractivity contribution >= 4 is 16.9 Å². The number of urea groups is 1. The molecule has 0 spiro atoms. The van der Waals surface area contributed by atoms with Crippen LogP contribution in [-0.4, -0.2) is 44.3 Å². The normalized spacial score (nSPS) is 10.9. The Bertz CT molecular complexity index is 821. The van der Waals surface area contributed by atoms with Crippen LogP contribution < -0.4 is 5.32 Å². The smallest absolute Gasteiger partial charge is 0.317 e. The van der Waals surface area contributed by atoms with E-state index in [2.05, 4.69) is 26.4 Å². The highest BCUT2D eigenvalue weighted by Gasteiger charge is 2.10. The molecule has 2 heterocycles. The molecular weight excluding hydrogens is 304 g/mol. The van der Waals surface area contributed by atoms with Crippen molar-refractivity contribution in [2.45, 2.75) is 26.4 Å². The molecule has 0 unspecified atom stereocenters. The highest BCUT2D eigenvalue weighted by atomic mass is 16.2. The van der Waals surface area contributed by atoms with Crippen molar-refractivity contribution in [1.82, 2.24) is 30.0 Å². The summed E-state index contributed by atoms with van der Waals surface area (Å²) in [6.07, 6.45) is 4.45. The van der Waals surface area contributed by atoms with Crippen molar-refractivity contribution < 1.29 is 4.79 Å². The maximum Gasteiger partial charge on any atom is 0.317 e. The number of aryl methyl sites for hydroxylation is 2. The average molecular weight is 326 g/mol. The fourth-order valence-corrected chi connectivity index (χ4v) is 2.61. The maximum atomic E-state index is 12.1. The van der Waals surface area contributed by atoms with Gasteiger partial charge in [0.15, 0.2) is 0 Å². The van der Waals surface area contributed by atoms with E-state index in [4.69, 9.17) is 0 Å². The lowest BCUT2D eigenvalue weighted by Gasteiger charge is -2.16. The third-order valence-electron chi connectivity index (χ3n) is 3.86. The largest absolute Gasteiger partial charge is 0.345 e. The Morgan fingerprint density at radius 3 is 2.96 bits per heavy atom.